The molecule has 1 aromatic rings. The fraction of sp³-hybridized carbons (Fsp3) is 0.615. The van der Waals surface area contributed by atoms with Crippen LogP contribution in [-0.4, -0.2) is 37.5 Å². The molecule has 2 rings (SSSR count). The molecule has 1 fully saturated rings. The number of nitrogens with zero attached hydrogens (tertiary/aromatic N) is 1. The van der Waals surface area contributed by atoms with Gasteiger partial charge in [-0.1, -0.05) is 6.92 Å². The van der Waals surface area contributed by atoms with Crippen LogP contribution in [0.1, 0.15) is 24.9 Å². The Bertz CT molecular complexity index is 383. The molecule has 0 bridgehead atoms. The highest BCUT2D eigenvalue weighted by Gasteiger charge is 2.26. The second-order valence-corrected chi connectivity index (χ2v) is 4.43. The van der Waals surface area contributed by atoms with Crippen molar-refractivity contribution in [3.63, 3.8) is 0 Å². The van der Waals surface area contributed by atoms with Crippen molar-refractivity contribution in [3.8, 4) is 5.75 Å². The molecule has 0 amide bonds. The average Bonchev–Trinajstić information content (AvgIpc) is 2.47. The van der Waals surface area contributed by atoms with Gasteiger partial charge in [0.25, 0.3) is 0 Å². The number of hydrogen-bond acceptors (Lipinski definition) is 6. The van der Waals surface area contributed by atoms with Gasteiger partial charge in [-0.3, -0.25) is 16.3 Å². The van der Waals surface area contributed by atoms with Gasteiger partial charge in [0.15, 0.2) is 0 Å². The summed E-state index contributed by atoms with van der Waals surface area (Å²) in [7, 11) is 0. The van der Waals surface area contributed by atoms with Crippen LogP contribution in [0.3, 0.4) is 0 Å². The van der Waals surface area contributed by atoms with E-state index in [-0.39, 0.29) is 12.1 Å². The number of hydrogen-bond donors (Lipinski definition) is 2. The number of pyridine rings is 1. The van der Waals surface area contributed by atoms with E-state index in [1.54, 1.807) is 12.4 Å². The first kappa shape index (κ1) is 14.2. The van der Waals surface area contributed by atoms with E-state index < -0.39 is 0 Å². The van der Waals surface area contributed by atoms with Crippen LogP contribution in [-0.2, 0) is 9.47 Å². The van der Waals surface area contributed by atoms with Crippen molar-refractivity contribution in [2.75, 3.05) is 26.4 Å². The lowest BCUT2D eigenvalue weighted by molar-refractivity contribution is -0.102. The molecular formula is C13H21N3O3. The zero-order chi connectivity index (χ0) is 13.5. The van der Waals surface area contributed by atoms with Crippen LogP contribution in [0, 0.1) is 0 Å². The molecule has 19 heavy (non-hydrogen) atoms. The number of ether oxygens (including phenoxy) is 3. The SMILES string of the molecule is CCCOc1cncc(C(NN)C2COCCO2)c1. The standard InChI is InChI=1S/C13H21N3O3/c1-2-3-18-11-6-10(7-15-8-11)13(16-14)12-9-17-4-5-19-12/h6-8,12-13,16H,2-5,9,14H2,1H3. The molecule has 0 aromatic carbocycles. The Morgan fingerprint density at radius 2 is 2.42 bits per heavy atom. The lowest BCUT2D eigenvalue weighted by atomic mass is 10.0. The number of nitrogens with one attached hydrogen (secondary N) is 1. The van der Waals surface area contributed by atoms with Crippen LogP contribution in [0.5, 0.6) is 5.75 Å². The van der Waals surface area contributed by atoms with Gasteiger partial charge in [0.2, 0.25) is 0 Å². The molecule has 1 aliphatic rings. The highest BCUT2D eigenvalue weighted by Crippen LogP contribution is 2.23. The zero-order valence-corrected chi connectivity index (χ0v) is 11.2. The summed E-state index contributed by atoms with van der Waals surface area (Å²) in [5.74, 6) is 6.38. The third-order valence-corrected chi connectivity index (χ3v) is 2.96. The van der Waals surface area contributed by atoms with E-state index in [1.807, 2.05) is 6.07 Å². The Labute approximate surface area is 113 Å². The minimum absolute atomic E-state index is 0.109. The van der Waals surface area contributed by atoms with E-state index in [0.717, 1.165) is 17.7 Å². The molecule has 6 nitrogen and oxygen atoms in total. The van der Waals surface area contributed by atoms with E-state index in [2.05, 4.69) is 17.3 Å². The Balaban J connectivity index is 2.08. The molecular weight excluding hydrogens is 246 g/mol. The molecule has 1 aromatic heterocycles. The van der Waals surface area contributed by atoms with Gasteiger partial charge in [-0.2, -0.15) is 0 Å². The lowest BCUT2D eigenvalue weighted by Crippen LogP contribution is -2.43. The molecule has 6 heteroatoms. The summed E-state index contributed by atoms with van der Waals surface area (Å²) >= 11 is 0. The quantitative estimate of drug-likeness (QED) is 0.586. The summed E-state index contributed by atoms with van der Waals surface area (Å²) < 4.78 is 16.7. The maximum Gasteiger partial charge on any atom is 0.137 e. The first-order valence-electron chi connectivity index (χ1n) is 6.58. The van der Waals surface area contributed by atoms with Gasteiger partial charge in [0, 0.05) is 6.20 Å². The van der Waals surface area contributed by atoms with Gasteiger partial charge in [0.1, 0.15) is 11.9 Å². The Morgan fingerprint density at radius 3 is 3.11 bits per heavy atom. The monoisotopic (exact) mass is 267 g/mol. The van der Waals surface area contributed by atoms with Gasteiger partial charge in [-0.15, -0.1) is 0 Å². The average molecular weight is 267 g/mol. The normalized spacial score (nSPS) is 21.1. The predicted molar refractivity (Wildman–Crippen MR) is 70.6 cm³/mol. The first-order chi connectivity index (χ1) is 9.35. The minimum Gasteiger partial charge on any atom is -0.492 e. The molecule has 0 spiro atoms. The molecule has 3 N–H and O–H groups in total. The van der Waals surface area contributed by atoms with E-state index in [9.17, 15) is 0 Å². The third-order valence-electron chi connectivity index (χ3n) is 2.96. The van der Waals surface area contributed by atoms with Gasteiger partial charge in [0.05, 0.1) is 38.7 Å². The first-order valence-corrected chi connectivity index (χ1v) is 6.58. The summed E-state index contributed by atoms with van der Waals surface area (Å²) in [4.78, 5) is 4.18. The molecule has 1 saturated heterocycles. The molecule has 2 atom stereocenters. The fourth-order valence-corrected chi connectivity index (χ4v) is 2.02. The number of rotatable bonds is 6. The van der Waals surface area contributed by atoms with Crippen molar-refractivity contribution in [2.24, 2.45) is 5.84 Å². The van der Waals surface area contributed by atoms with E-state index >= 15 is 0 Å². The minimum atomic E-state index is -0.155. The van der Waals surface area contributed by atoms with Gasteiger partial charge >= 0.3 is 0 Å². The number of hydrazine groups is 1. The second-order valence-electron chi connectivity index (χ2n) is 4.43. The highest BCUT2D eigenvalue weighted by atomic mass is 16.6. The van der Waals surface area contributed by atoms with Gasteiger partial charge in [-0.05, 0) is 18.1 Å². The highest BCUT2D eigenvalue weighted by molar-refractivity contribution is 5.26. The summed E-state index contributed by atoms with van der Waals surface area (Å²) in [5.41, 5.74) is 3.71. The van der Waals surface area contributed by atoms with Crippen LogP contribution in [0.4, 0.5) is 0 Å². The molecule has 0 saturated carbocycles. The van der Waals surface area contributed by atoms with E-state index in [0.29, 0.717) is 26.4 Å². The van der Waals surface area contributed by atoms with Crippen LogP contribution in [0.2, 0.25) is 0 Å². The predicted octanol–water partition coefficient (Wildman–Crippen LogP) is 0.790. The van der Waals surface area contributed by atoms with Gasteiger partial charge < -0.3 is 14.2 Å². The largest absolute Gasteiger partial charge is 0.492 e. The fourth-order valence-electron chi connectivity index (χ4n) is 2.02. The van der Waals surface area contributed by atoms with Crippen LogP contribution in [0.15, 0.2) is 18.5 Å². The van der Waals surface area contributed by atoms with Gasteiger partial charge in [-0.25, -0.2) is 0 Å². The third kappa shape index (κ3) is 3.87. The van der Waals surface area contributed by atoms with Crippen molar-refractivity contribution in [3.05, 3.63) is 24.0 Å². The molecule has 1 aliphatic heterocycles. The van der Waals surface area contributed by atoms with E-state index in [4.69, 9.17) is 20.1 Å². The maximum atomic E-state index is 5.67. The van der Waals surface area contributed by atoms with Crippen molar-refractivity contribution in [1.29, 1.82) is 0 Å². The summed E-state index contributed by atoms with van der Waals surface area (Å²) in [6.07, 6.45) is 4.32. The smallest absolute Gasteiger partial charge is 0.137 e. The van der Waals surface area contributed by atoms with Crippen molar-refractivity contribution < 1.29 is 14.2 Å². The zero-order valence-electron chi connectivity index (χ0n) is 11.2. The van der Waals surface area contributed by atoms with E-state index in [1.165, 1.54) is 0 Å². The molecule has 0 radical (unpaired) electrons. The van der Waals surface area contributed by atoms with Crippen molar-refractivity contribution in [1.82, 2.24) is 10.4 Å². The lowest BCUT2D eigenvalue weighted by Gasteiger charge is -2.30. The molecule has 2 heterocycles. The Kier molecular flexibility index (Phi) is 5.53. The molecule has 106 valence electrons. The number of aromatic nitrogens is 1. The topological polar surface area (TPSA) is 78.6 Å². The summed E-state index contributed by atoms with van der Waals surface area (Å²) in [5, 5.41) is 0. The van der Waals surface area contributed by atoms with Crippen molar-refractivity contribution >= 4 is 0 Å². The summed E-state index contributed by atoms with van der Waals surface area (Å²) in [6.45, 7) is 4.48. The van der Waals surface area contributed by atoms with Crippen LogP contribution in [0.25, 0.3) is 0 Å². The molecule has 0 aliphatic carbocycles. The second kappa shape index (κ2) is 7.40. The Hall–Kier alpha value is -1.21. The summed E-state index contributed by atoms with van der Waals surface area (Å²) in [6, 6.07) is 1.78. The van der Waals surface area contributed by atoms with Crippen LogP contribution >= 0.6 is 0 Å². The Morgan fingerprint density at radius 1 is 1.53 bits per heavy atom. The van der Waals surface area contributed by atoms with Crippen molar-refractivity contribution in [2.45, 2.75) is 25.5 Å². The maximum absolute atomic E-state index is 5.67. The molecule has 2 unspecified atom stereocenters. The number of nitrogens with two attached hydrogens (primary N) is 1. The van der Waals surface area contributed by atoms with Crippen LogP contribution < -0.4 is 16.0 Å².